The molecule has 8 saturated heterocycles. The lowest BCUT2D eigenvalue weighted by Crippen LogP contribution is -2.71. The number of aliphatic carboxylic acids is 2. The number of hydrogen-bond acceptors (Lipinski definition) is 46. The zero-order valence-corrected chi connectivity index (χ0v) is 77.9. The van der Waals surface area contributed by atoms with Crippen LogP contribution in [0.25, 0.3) is 21.5 Å². The average Bonchev–Trinajstić information content (AvgIpc) is 0.747. The molecule has 8 aliphatic heterocycles. The van der Waals surface area contributed by atoms with E-state index in [-0.39, 0.29) is 61.9 Å². The lowest BCUT2D eigenvalue weighted by atomic mass is 9.88. The number of benzene rings is 5. The zero-order valence-electron chi connectivity index (χ0n) is 77.9. The molecule has 52 heteroatoms. The summed E-state index contributed by atoms with van der Waals surface area (Å²) >= 11 is 0. The molecule has 0 saturated carbocycles. The number of fused-ring (bicyclic) bond motifs is 2. The number of carboxylic acid groups (broad SMARTS) is 2. The summed E-state index contributed by atoms with van der Waals surface area (Å²) in [6, 6.07) is 22.4. The molecule has 802 valence electrons. The molecule has 144 heavy (non-hydrogen) atoms. The third-order valence-corrected chi connectivity index (χ3v) is 26.2. The Morgan fingerprint density at radius 2 is 0.715 bits per heavy atom. The quantitative estimate of drug-likeness (QED) is 0.0161. The summed E-state index contributed by atoms with van der Waals surface area (Å²) in [5.41, 5.74) is 0.0246. The maximum absolute atomic E-state index is 14.9. The summed E-state index contributed by atoms with van der Waals surface area (Å²) < 4.78 is 111. The van der Waals surface area contributed by atoms with E-state index in [1.54, 1.807) is 78.9 Å². The number of amides is 4. The van der Waals surface area contributed by atoms with Gasteiger partial charge in [0.1, 0.15) is 182 Å². The molecule has 52 nitrogen and oxygen atoms in total. The Balaban J connectivity index is 0.727. The summed E-state index contributed by atoms with van der Waals surface area (Å²) in [6.07, 6.45) is -75.5. The first-order valence-corrected chi connectivity index (χ1v) is 46.6. The van der Waals surface area contributed by atoms with Crippen LogP contribution in [0, 0.1) is 0 Å². The highest BCUT2D eigenvalue weighted by Crippen LogP contribution is 2.44. The van der Waals surface area contributed by atoms with Crippen LogP contribution in [0.4, 0.5) is 0 Å². The summed E-state index contributed by atoms with van der Waals surface area (Å²) in [7, 11) is 0. The first kappa shape index (κ1) is 113. The lowest BCUT2D eigenvalue weighted by molar-refractivity contribution is -0.391. The molecule has 13 rings (SSSR count). The van der Waals surface area contributed by atoms with Gasteiger partial charge in [0.2, 0.25) is 11.8 Å². The van der Waals surface area contributed by atoms with Gasteiger partial charge in [0.15, 0.2) is 37.7 Å². The van der Waals surface area contributed by atoms with E-state index < -0.39 is 345 Å². The fourth-order valence-corrected chi connectivity index (χ4v) is 18.4. The molecule has 4 amide bonds. The van der Waals surface area contributed by atoms with Gasteiger partial charge < -0.3 is 229 Å². The first-order valence-electron chi connectivity index (χ1n) is 46.6. The summed E-state index contributed by atoms with van der Waals surface area (Å²) in [4.78, 5) is 81.6. The van der Waals surface area contributed by atoms with E-state index in [2.05, 4.69) is 21.3 Å². The number of carbonyl (C=O) groups is 6. The van der Waals surface area contributed by atoms with E-state index in [4.69, 9.17) is 85.3 Å². The lowest BCUT2D eigenvalue weighted by Gasteiger charge is -2.51. The van der Waals surface area contributed by atoms with Crippen LogP contribution in [0.3, 0.4) is 0 Å². The molecule has 0 radical (unpaired) electrons. The van der Waals surface area contributed by atoms with Gasteiger partial charge in [-0.3, -0.25) is 19.2 Å². The van der Waals surface area contributed by atoms with Crippen molar-refractivity contribution in [3.63, 3.8) is 0 Å². The molecule has 0 aliphatic carbocycles. The highest BCUT2D eigenvalue weighted by Gasteiger charge is 2.65. The van der Waals surface area contributed by atoms with E-state index in [1.807, 2.05) is 0 Å². The van der Waals surface area contributed by atoms with E-state index >= 15 is 0 Å². The van der Waals surface area contributed by atoms with Gasteiger partial charge in [-0.25, -0.2) is 9.59 Å². The number of ether oxygens (including phenoxy) is 18. The molecular weight excluding hydrogens is 1930 g/mol. The Morgan fingerprint density at radius 1 is 0.368 bits per heavy atom. The van der Waals surface area contributed by atoms with Crippen molar-refractivity contribution in [2.24, 2.45) is 0 Å². The minimum Gasteiger partial charge on any atom is -0.493 e. The fourth-order valence-electron chi connectivity index (χ4n) is 18.4. The van der Waals surface area contributed by atoms with E-state index in [1.165, 1.54) is 44.2 Å². The third-order valence-electron chi connectivity index (χ3n) is 26.2. The van der Waals surface area contributed by atoms with Crippen molar-refractivity contribution in [2.75, 3.05) is 66.1 Å². The minimum absolute atomic E-state index is 0.0123. The van der Waals surface area contributed by atoms with Gasteiger partial charge >= 0.3 is 11.9 Å². The van der Waals surface area contributed by atoms with Crippen LogP contribution >= 0.6 is 0 Å². The molecular formula is C92H126N4O48. The highest BCUT2D eigenvalue weighted by atomic mass is 16.8. The Kier molecular flexibility index (Phi) is 38.9. The Morgan fingerprint density at radius 3 is 1.06 bits per heavy atom. The van der Waals surface area contributed by atoms with Gasteiger partial charge in [0.25, 0.3) is 23.4 Å². The number of carbonyl (C=O) groups excluding carboxylic acids is 4. The van der Waals surface area contributed by atoms with Gasteiger partial charge in [0, 0.05) is 56.7 Å². The summed E-state index contributed by atoms with van der Waals surface area (Å²) in [6.45, 7) is -3.26. The molecule has 5 aromatic carbocycles. The first-order chi connectivity index (χ1) is 68.6. The number of carboxylic acids is 2. The number of aliphatic hydroxyl groups is 22. The van der Waals surface area contributed by atoms with Gasteiger partial charge in [-0.1, -0.05) is 66.7 Å². The number of rotatable bonds is 42. The van der Waals surface area contributed by atoms with Crippen molar-refractivity contribution in [3.05, 3.63) is 120 Å². The van der Waals surface area contributed by atoms with Gasteiger partial charge in [-0.15, -0.1) is 0 Å². The van der Waals surface area contributed by atoms with Crippen LogP contribution in [0.15, 0.2) is 109 Å². The SMILES string of the molecule is CC(=O)N[C@@H]1[C@@H]([C@H](O)[C@H](O)CO)O[C@](O[C@H]2[C@@H](O)[C@@H](O[C@@H]3[C@@H](O[C@H]4O[C@H](C)[C@H](O)[C@@H](O)[C@H]4O)[C@@H](NC(=O)c4ccc5ccccc5c4)[C@@H](OCCCOc4cccc(OCCCO[C@@H]5O[C@@H](CO)[C@@H](O[C@@H]6O[C@@H](CO)[C@H](O)[C@H](O[C@]7(C(=O)O)C[C@@H](O)[C@@H](NC(C)=O)[C@H]([C@H](O)[C@H](O)CO)O7)[C@@H]6O)[C@H](O[C@@H]6O[C@@H](C)[C@@H](O)[C@H](O)[C@@H]6O)[C@@H]5NC(=O)c5ccc6ccccc6c5)c4)O[C@@H]3CO)O[C@H](CO)[C@H]2O)(C(=O)O)C[C@@H]1O. The van der Waals surface area contributed by atoms with Crippen LogP contribution in [-0.2, 0) is 95.0 Å². The number of nitrogens with one attached hydrogen (secondary N) is 4. The second kappa shape index (κ2) is 49.8. The minimum atomic E-state index is -3.26. The zero-order chi connectivity index (χ0) is 104. The fraction of sp³-hybridized carbons (Fsp3) is 0.652. The summed E-state index contributed by atoms with van der Waals surface area (Å²) in [5.74, 6) is -13.7. The van der Waals surface area contributed by atoms with Gasteiger partial charge in [0.05, 0.1) is 103 Å². The van der Waals surface area contributed by atoms with Crippen molar-refractivity contribution in [1.29, 1.82) is 0 Å². The Bertz CT molecular complexity index is 4750. The normalized spacial score (nSPS) is 38.2. The maximum atomic E-state index is 14.9. The largest absolute Gasteiger partial charge is 0.493 e. The van der Waals surface area contributed by atoms with Crippen molar-refractivity contribution < 1.29 is 237 Å². The molecule has 8 aliphatic rings. The molecule has 42 atom stereocenters. The van der Waals surface area contributed by atoms with Gasteiger partial charge in [-0.05, 0) is 71.8 Å². The van der Waals surface area contributed by atoms with Crippen molar-refractivity contribution in [2.45, 2.75) is 310 Å². The number of hydrogen-bond donors (Lipinski definition) is 28. The average molecular weight is 2060 g/mol. The molecule has 0 spiro atoms. The van der Waals surface area contributed by atoms with E-state index in [9.17, 15) is 151 Å². The van der Waals surface area contributed by atoms with Crippen LogP contribution in [0.2, 0.25) is 0 Å². The maximum Gasteiger partial charge on any atom is 0.364 e. The predicted molar refractivity (Wildman–Crippen MR) is 475 cm³/mol. The smallest absolute Gasteiger partial charge is 0.364 e. The Hall–Kier alpha value is -8.48. The monoisotopic (exact) mass is 2050 g/mol. The van der Waals surface area contributed by atoms with E-state index in [0.29, 0.717) is 21.5 Å². The Labute approximate surface area is 819 Å². The molecule has 28 N–H and O–H groups in total. The molecule has 5 aromatic rings. The van der Waals surface area contributed by atoms with Crippen molar-refractivity contribution in [1.82, 2.24) is 21.3 Å². The molecule has 8 fully saturated rings. The van der Waals surface area contributed by atoms with Crippen LogP contribution in [-0.4, -0.2) is 481 Å². The second-order valence-corrected chi connectivity index (χ2v) is 36.3. The predicted octanol–water partition coefficient (Wildman–Crippen LogP) is -10.3. The van der Waals surface area contributed by atoms with Crippen molar-refractivity contribution >= 4 is 57.1 Å². The highest BCUT2D eigenvalue weighted by molar-refractivity contribution is 6.00. The van der Waals surface area contributed by atoms with Crippen LogP contribution < -0.4 is 30.7 Å². The van der Waals surface area contributed by atoms with Crippen LogP contribution in [0.1, 0.15) is 74.1 Å². The molecule has 0 aromatic heterocycles. The standard InChI is InChI=1S/C92H126N4O48/c1-37-61(109)67(115)69(117)85(131-37)139-77-59(95-81(121)45-20-18-41-12-5-7-14-43(41)26-45)83(135-55(35-101)73(77)137-87-71(119)79(65(113)53(33-99)133-87)143-91(89(123)124)29-49(105)57(93-39(3)103)75(141-91)63(111)51(107)31-97)129-24-10-22-127-47-16-9-17-48(28-47)128-23-11-25-130-84-60(96-82(122)46-21-19-42-13-6-8-15-44(42)27-46)78(140-86-70(118)68(116)62(110)38(2)132-86)74(56(36-102)136-84)138-88-72(120)80(66(114)54(34-100)134-88)144-92(90(125)126)30-50(106)58(94-40(4)104)76(142-92)64(112)52(108)32-98/h5-9,12-21,26-28,37-38,49-80,83-88,97-102,105-120H,10-11,22-25,29-36H2,1-4H3,(H,93,103)(H,94,104)(H,95,121)(H,96,122)(H,123,124)(H,125,126)/t37-,38+,49+,50-,51-,52-,53-,54+,55-,56+,57+,58-,59-,60+,61+,62-,63-,64-,65-,66+,67-,68+,69-,70+,71-,72+,73+,74-,75+,76-,77+,78-,79-,80+,83+,84-,85-,86+,87-,88+,91-,92+/m1/s1. The molecule has 8 heterocycles. The molecule has 0 unspecified atom stereocenters. The third kappa shape index (κ3) is 25.5. The van der Waals surface area contributed by atoms with Crippen LogP contribution in [0.5, 0.6) is 11.5 Å². The van der Waals surface area contributed by atoms with E-state index in [0.717, 1.165) is 13.8 Å². The van der Waals surface area contributed by atoms with Gasteiger partial charge in [-0.2, -0.15) is 0 Å². The second-order valence-electron chi connectivity index (χ2n) is 36.3. The molecule has 0 bridgehead atoms. The number of aliphatic hydroxyl groups excluding tert-OH is 22. The van der Waals surface area contributed by atoms with Crippen molar-refractivity contribution in [3.8, 4) is 11.5 Å². The topological polar surface area (TPSA) is 802 Å². The summed E-state index contributed by atoms with van der Waals surface area (Å²) in [5, 5.41) is 281.